The van der Waals surface area contributed by atoms with E-state index in [-0.39, 0.29) is 10.8 Å². The Balaban J connectivity index is 1.24. The first kappa shape index (κ1) is 37.4. The van der Waals surface area contributed by atoms with Crippen molar-refractivity contribution in [3.8, 4) is 0 Å². The molecule has 2 heterocycles. The van der Waals surface area contributed by atoms with Crippen molar-refractivity contribution in [1.82, 2.24) is 0 Å². The first-order valence-electron chi connectivity index (χ1n) is 19.3. The molecule has 1 aliphatic carbocycles. The van der Waals surface area contributed by atoms with Crippen LogP contribution in [0.4, 0.5) is 11.4 Å². The minimum absolute atomic E-state index is 0.134. The number of allylic oxidation sites excluding steroid dienone is 8. The van der Waals surface area contributed by atoms with Gasteiger partial charge in [0, 0.05) is 61.4 Å². The molecule has 0 amide bonds. The third-order valence-corrected chi connectivity index (χ3v) is 13.2. The van der Waals surface area contributed by atoms with Gasteiger partial charge in [-0.05, 0) is 120 Å². The summed E-state index contributed by atoms with van der Waals surface area (Å²) in [6, 6.07) is 22.7. The standard InChI is InChI=1S/C47H52Br2ClN2/c1-7-9-11-27-51-39-23-15-33-29-35(48)19-21-37(33)43(39)46(3,4)41(51)25-17-31-13-14-32(45(31)50)18-26-42-47(5,6)44-38-22-20-36(49)30-34(38)16-24-40(44)52(42)28-12-10-8-2/h15-26,29-30H,7-14,27-28H2,1-6H3/q+1. The summed E-state index contributed by atoms with van der Waals surface area (Å²) in [4.78, 5) is 2.59. The van der Waals surface area contributed by atoms with Crippen LogP contribution in [0, 0.1) is 0 Å². The molecule has 2 aliphatic heterocycles. The first-order chi connectivity index (χ1) is 25.0. The molecule has 52 heavy (non-hydrogen) atoms. The Hall–Kier alpha value is -2.92. The van der Waals surface area contributed by atoms with Crippen LogP contribution in [-0.2, 0) is 10.8 Å². The third-order valence-electron chi connectivity index (χ3n) is 11.7. The fourth-order valence-corrected chi connectivity index (χ4v) is 10.1. The van der Waals surface area contributed by atoms with Gasteiger partial charge in [-0.15, -0.1) is 0 Å². The third kappa shape index (κ3) is 6.71. The van der Waals surface area contributed by atoms with Crippen LogP contribution in [0.15, 0.2) is 116 Å². The molecule has 5 heteroatoms. The van der Waals surface area contributed by atoms with Crippen LogP contribution < -0.4 is 4.90 Å². The lowest BCUT2D eigenvalue weighted by Gasteiger charge is -2.27. The molecule has 0 saturated heterocycles. The summed E-state index contributed by atoms with van der Waals surface area (Å²) in [5.74, 6) is 0. The Kier molecular flexibility index (Phi) is 10.8. The van der Waals surface area contributed by atoms with Gasteiger partial charge in [-0.2, -0.15) is 4.58 Å². The molecule has 0 unspecified atom stereocenters. The van der Waals surface area contributed by atoms with E-state index in [2.05, 4.69) is 168 Å². The molecule has 0 aromatic heterocycles. The molecular weight excluding hydrogens is 788 g/mol. The molecule has 4 aromatic rings. The number of fused-ring (bicyclic) bond motifs is 6. The average Bonchev–Trinajstić information content (AvgIpc) is 3.65. The van der Waals surface area contributed by atoms with Crippen molar-refractivity contribution in [3.05, 3.63) is 127 Å². The van der Waals surface area contributed by atoms with Gasteiger partial charge >= 0.3 is 0 Å². The van der Waals surface area contributed by atoms with Crippen molar-refractivity contribution in [2.75, 3.05) is 18.0 Å². The van der Waals surface area contributed by atoms with Crippen LogP contribution in [0.5, 0.6) is 0 Å². The quantitative estimate of drug-likeness (QED) is 0.108. The van der Waals surface area contributed by atoms with Gasteiger partial charge < -0.3 is 4.90 Å². The molecule has 270 valence electrons. The fraction of sp³-hybridized carbons (Fsp3) is 0.383. The van der Waals surface area contributed by atoms with Gasteiger partial charge in [0.25, 0.3) is 0 Å². The fourth-order valence-electron chi connectivity index (χ4n) is 9.02. The minimum Gasteiger partial charge on any atom is -0.344 e. The summed E-state index contributed by atoms with van der Waals surface area (Å²) in [6.07, 6.45) is 18.6. The monoisotopic (exact) mass is 837 g/mol. The van der Waals surface area contributed by atoms with Crippen molar-refractivity contribution >= 4 is 82.1 Å². The van der Waals surface area contributed by atoms with Crippen molar-refractivity contribution in [2.45, 2.75) is 104 Å². The summed E-state index contributed by atoms with van der Waals surface area (Å²) in [5, 5.41) is 6.16. The minimum atomic E-state index is -0.134. The molecule has 7 rings (SSSR count). The van der Waals surface area contributed by atoms with E-state index in [9.17, 15) is 0 Å². The molecule has 3 aliphatic rings. The Morgan fingerprint density at radius 2 is 1.38 bits per heavy atom. The highest BCUT2D eigenvalue weighted by atomic mass is 79.9. The van der Waals surface area contributed by atoms with E-state index in [1.807, 2.05) is 0 Å². The van der Waals surface area contributed by atoms with E-state index >= 15 is 0 Å². The molecule has 2 nitrogen and oxygen atoms in total. The van der Waals surface area contributed by atoms with E-state index in [0.717, 1.165) is 39.9 Å². The Labute approximate surface area is 333 Å². The SMILES string of the molecule is CCCCCN1/C(=C/C=C2\CCC(/C=C/C3=[N+](CCCCC)c4ccc5cc(Br)ccc5c4C3(C)C)=C2Cl)C(C)(C)c2c1ccc1cc(Br)ccc21. The predicted octanol–water partition coefficient (Wildman–Crippen LogP) is 14.7. The highest BCUT2D eigenvalue weighted by Gasteiger charge is 2.45. The van der Waals surface area contributed by atoms with Gasteiger partial charge in [-0.1, -0.05) is 121 Å². The van der Waals surface area contributed by atoms with E-state index < -0.39 is 0 Å². The molecular formula is C47H52Br2ClN2+. The Morgan fingerprint density at radius 3 is 2.08 bits per heavy atom. The molecule has 0 N–H and O–H groups in total. The number of hydrogen-bond donors (Lipinski definition) is 0. The van der Waals surface area contributed by atoms with Crippen LogP contribution in [0.25, 0.3) is 21.5 Å². The largest absolute Gasteiger partial charge is 0.344 e. The summed E-state index contributed by atoms with van der Waals surface area (Å²) in [7, 11) is 0. The predicted molar refractivity (Wildman–Crippen MR) is 233 cm³/mol. The van der Waals surface area contributed by atoms with E-state index in [4.69, 9.17) is 11.6 Å². The van der Waals surface area contributed by atoms with Crippen molar-refractivity contribution in [1.29, 1.82) is 0 Å². The van der Waals surface area contributed by atoms with Crippen LogP contribution in [0.1, 0.15) is 104 Å². The zero-order chi connectivity index (χ0) is 36.8. The second-order valence-corrected chi connectivity index (χ2v) is 18.1. The molecule has 0 spiro atoms. The van der Waals surface area contributed by atoms with E-state index in [1.54, 1.807) is 0 Å². The number of nitrogens with zero attached hydrogens (tertiary/aromatic N) is 2. The number of halogens is 3. The smallest absolute Gasteiger partial charge is 0.210 e. The maximum Gasteiger partial charge on any atom is 0.210 e. The number of benzene rings is 4. The lowest BCUT2D eigenvalue weighted by atomic mass is 9.79. The zero-order valence-corrected chi connectivity index (χ0v) is 35.6. The molecule has 0 fully saturated rings. The van der Waals surface area contributed by atoms with Gasteiger partial charge in [0.05, 0.1) is 5.41 Å². The lowest BCUT2D eigenvalue weighted by molar-refractivity contribution is -0.438. The summed E-state index contributed by atoms with van der Waals surface area (Å²) in [6.45, 7) is 16.2. The van der Waals surface area contributed by atoms with Crippen LogP contribution in [0.3, 0.4) is 0 Å². The van der Waals surface area contributed by atoms with Gasteiger partial charge in [0.2, 0.25) is 5.69 Å². The summed E-state index contributed by atoms with van der Waals surface area (Å²) < 4.78 is 4.83. The molecule has 0 atom stereocenters. The van der Waals surface area contributed by atoms with E-state index in [1.165, 1.54) is 105 Å². The summed E-state index contributed by atoms with van der Waals surface area (Å²) >= 11 is 14.7. The van der Waals surface area contributed by atoms with Crippen molar-refractivity contribution < 1.29 is 4.58 Å². The average molecular weight is 840 g/mol. The normalized spacial score (nSPS) is 19.4. The van der Waals surface area contributed by atoms with Crippen LogP contribution in [0.2, 0.25) is 0 Å². The zero-order valence-electron chi connectivity index (χ0n) is 31.7. The van der Waals surface area contributed by atoms with Gasteiger partial charge in [-0.25, -0.2) is 0 Å². The molecule has 4 aromatic carbocycles. The maximum absolute atomic E-state index is 7.28. The molecule has 0 bridgehead atoms. The Bertz CT molecular complexity index is 2210. The van der Waals surface area contributed by atoms with E-state index in [0.29, 0.717) is 0 Å². The number of hydrogen-bond acceptors (Lipinski definition) is 1. The lowest BCUT2D eigenvalue weighted by Crippen LogP contribution is -2.28. The van der Waals surface area contributed by atoms with Crippen molar-refractivity contribution in [3.63, 3.8) is 0 Å². The van der Waals surface area contributed by atoms with Gasteiger partial charge in [-0.3, -0.25) is 0 Å². The maximum atomic E-state index is 7.28. The second-order valence-electron chi connectivity index (χ2n) is 15.9. The Morgan fingerprint density at radius 1 is 0.731 bits per heavy atom. The number of unbranched alkanes of at least 4 members (excludes halogenated alkanes) is 4. The van der Waals surface area contributed by atoms with Gasteiger partial charge in [0.1, 0.15) is 6.54 Å². The topological polar surface area (TPSA) is 6.25 Å². The number of rotatable bonds is 11. The molecule has 0 radical (unpaired) electrons. The molecule has 0 saturated carbocycles. The highest BCUT2D eigenvalue weighted by Crippen LogP contribution is 2.51. The number of anilines is 1. The summed E-state index contributed by atoms with van der Waals surface area (Å²) in [5.41, 5.74) is 10.5. The highest BCUT2D eigenvalue weighted by molar-refractivity contribution is 9.10. The van der Waals surface area contributed by atoms with Crippen LogP contribution in [-0.4, -0.2) is 23.4 Å². The van der Waals surface area contributed by atoms with Crippen LogP contribution >= 0.6 is 43.5 Å². The first-order valence-corrected chi connectivity index (χ1v) is 21.3. The van der Waals surface area contributed by atoms with Gasteiger partial charge in [0.15, 0.2) is 5.71 Å². The second kappa shape index (κ2) is 15.1. The van der Waals surface area contributed by atoms with Crippen molar-refractivity contribution in [2.24, 2.45) is 0 Å².